The maximum atomic E-state index is 6.67. The van der Waals surface area contributed by atoms with Crippen LogP contribution in [0.5, 0.6) is 0 Å². The van der Waals surface area contributed by atoms with Crippen LogP contribution in [0, 0.1) is 11.3 Å². The van der Waals surface area contributed by atoms with Crippen LogP contribution in [0.3, 0.4) is 0 Å². The van der Waals surface area contributed by atoms with Crippen molar-refractivity contribution < 1.29 is 46.1 Å². The van der Waals surface area contributed by atoms with E-state index in [1.807, 2.05) is 12.1 Å². The fourth-order valence-electron chi connectivity index (χ4n) is 6.26. The number of benzene rings is 4. The minimum Gasteiger partial charge on any atom is -1.00 e. The molecule has 214 valence electrons. The Kier molecular flexibility index (Phi) is 10.7. The van der Waals surface area contributed by atoms with Gasteiger partial charge >= 0.3 is 258 Å². The van der Waals surface area contributed by atoms with Crippen molar-refractivity contribution in [2.75, 3.05) is 0 Å². The van der Waals surface area contributed by atoms with Gasteiger partial charge in [-0.2, -0.15) is 0 Å². The average Bonchev–Trinajstić information content (AvgIpc) is 3.54. The summed E-state index contributed by atoms with van der Waals surface area (Å²) in [7, 11) is 0. The molecule has 0 bridgehead atoms. The third kappa shape index (κ3) is 6.38. The van der Waals surface area contributed by atoms with Crippen LogP contribution >= 0.6 is 23.2 Å². The van der Waals surface area contributed by atoms with Gasteiger partial charge in [-0.1, -0.05) is 0 Å². The molecule has 0 spiro atoms. The Bertz CT molecular complexity index is 1670. The monoisotopic (exact) mass is 708 g/mol. The molecule has 5 heteroatoms. The first-order chi connectivity index (χ1) is 19.2. The predicted molar refractivity (Wildman–Crippen MR) is 170 cm³/mol. The molecule has 2 aliphatic rings. The Balaban J connectivity index is 0.00000202. The van der Waals surface area contributed by atoms with Crippen molar-refractivity contribution in [3.8, 4) is 11.1 Å². The van der Waals surface area contributed by atoms with E-state index < -0.39 is 21.3 Å². The number of allylic oxidation sites excluding steroid dienone is 4. The van der Waals surface area contributed by atoms with E-state index in [4.69, 9.17) is 23.2 Å². The summed E-state index contributed by atoms with van der Waals surface area (Å²) in [5.74, 6) is 0.441. The molecular formula is C37H34Cl4Zr. The number of rotatable bonds is 5. The van der Waals surface area contributed by atoms with E-state index in [2.05, 4.69) is 119 Å². The van der Waals surface area contributed by atoms with Gasteiger partial charge in [-0.15, -0.1) is 0 Å². The average molecular weight is 712 g/mol. The summed E-state index contributed by atoms with van der Waals surface area (Å²) in [4.78, 5) is 0. The number of hydrogen-bond acceptors (Lipinski definition) is 0. The fourth-order valence-corrected chi connectivity index (χ4v) is 15.3. The number of fused-ring (bicyclic) bond motifs is 3. The molecule has 2 aliphatic carbocycles. The molecule has 1 atom stereocenters. The summed E-state index contributed by atoms with van der Waals surface area (Å²) < 4.78 is 4.67. The quantitative estimate of drug-likeness (QED) is 0.259. The summed E-state index contributed by atoms with van der Waals surface area (Å²) in [6, 6.07) is 32.9. The van der Waals surface area contributed by atoms with Gasteiger partial charge in [0.1, 0.15) is 0 Å². The minimum atomic E-state index is -2.86. The predicted octanol–water partition coefficient (Wildman–Crippen LogP) is 3.98. The molecule has 4 aromatic rings. The van der Waals surface area contributed by atoms with Crippen LogP contribution in [-0.2, 0) is 27.7 Å². The second kappa shape index (κ2) is 13.5. The second-order valence-corrected chi connectivity index (χ2v) is 18.6. The molecule has 4 aromatic carbocycles. The van der Waals surface area contributed by atoms with Crippen molar-refractivity contribution in [3.05, 3.63) is 144 Å². The first-order valence-electron chi connectivity index (χ1n) is 14.2. The van der Waals surface area contributed by atoms with Crippen molar-refractivity contribution >= 4 is 29.7 Å². The molecule has 1 unspecified atom stereocenters. The van der Waals surface area contributed by atoms with Crippen LogP contribution in [0.1, 0.15) is 56.4 Å². The molecule has 0 heterocycles. The SMILES string of the molecule is CCC1C=C(C(C)(C)C)C=[C]1[Zr+2](=[C](c1cccc(Cl)c1)c1cccc(Cl)c1)[c]1cccc2c1Cc1ccccc1-2.[Cl-].[Cl-]. The van der Waals surface area contributed by atoms with Crippen molar-refractivity contribution in [2.24, 2.45) is 11.3 Å². The molecule has 0 N–H and O–H groups in total. The van der Waals surface area contributed by atoms with Gasteiger partial charge in [-0.3, -0.25) is 0 Å². The first kappa shape index (κ1) is 33.2. The second-order valence-electron chi connectivity index (χ2n) is 11.9. The third-order valence-electron chi connectivity index (χ3n) is 8.28. The van der Waals surface area contributed by atoms with Crippen LogP contribution < -0.4 is 28.1 Å². The zero-order valence-corrected chi connectivity index (χ0v) is 29.8. The molecule has 0 nitrogen and oxygen atoms in total. The molecule has 6 rings (SSSR count). The van der Waals surface area contributed by atoms with E-state index in [0.717, 1.165) is 22.9 Å². The van der Waals surface area contributed by atoms with Crippen molar-refractivity contribution in [3.63, 3.8) is 0 Å². The molecule has 0 aliphatic heterocycles. The van der Waals surface area contributed by atoms with Gasteiger partial charge in [0.2, 0.25) is 0 Å². The molecule has 0 fully saturated rings. The largest absolute Gasteiger partial charge is 1.00 e. The van der Waals surface area contributed by atoms with E-state index in [9.17, 15) is 0 Å². The molecule has 0 aromatic heterocycles. The maximum absolute atomic E-state index is 6.67. The van der Waals surface area contributed by atoms with Gasteiger partial charge in [0, 0.05) is 0 Å². The van der Waals surface area contributed by atoms with Gasteiger partial charge in [0.25, 0.3) is 0 Å². The van der Waals surface area contributed by atoms with Crippen molar-refractivity contribution in [1.82, 2.24) is 0 Å². The van der Waals surface area contributed by atoms with Crippen LogP contribution in [0.2, 0.25) is 10.0 Å². The topological polar surface area (TPSA) is 0 Å². The van der Waals surface area contributed by atoms with E-state index in [0.29, 0.717) is 5.92 Å². The van der Waals surface area contributed by atoms with E-state index in [1.165, 1.54) is 42.2 Å². The summed E-state index contributed by atoms with van der Waals surface area (Å²) >= 11 is 10.5. The molecule has 42 heavy (non-hydrogen) atoms. The first-order valence-corrected chi connectivity index (χ1v) is 18.6. The Labute approximate surface area is 280 Å². The molecule has 0 saturated heterocycles. The fraction of sp³-hybridized carbons (Fsp3) is 0.216. The summed E-state index contributed by atoms with van der Waals surface area (Å²) in [6.45, 7) is 9.35. The summed E-state index contributed by atoms with van der Waals surface area (Å²) in [6.07, 6.45) is 7.23. The molecular weight excluding hydrogens is 677 g/mol. The molecule has 0 amide bonds. The smallest absolute Gasteiger partial charge is 1.00 e. The zero-order valence-electron chi connectivity index (χ0n) is 24.3. The van der Waals surface area contributed by atoms with Gasteiger partial charge in [-0.05, 0) is 0 Å². The van der Waals surface area contributed by atoms with E-state index in [-0.39, 0.29) is 30.2 Å². The minimum absolute atomic E-state index is 0. The maximum Gasteiger partial charge on any atom is -1.00 e. The van der Waals surface area contributed by atoms with Crippen molar-refractivity contribution in [2.45, 2.75) is 40.5 Å². The summed E-state index contributed by atoms with van der Waals surface area (Å²) in [5, 5.41) is 1.54. The Morgan fingerprint density at radius 1 is 0.786 bits per heavy atom. The van der Waals surface area contributed by atoms with E-state index in [1.54, 1.807) is 6.55 Å². The molecule has 0 radical (unpaired) electrons. The third-order valence-corrected chi connectivity index (χ3v) is 16.6. The Hall–Kier alpha value is -1.73. The van der Waals surface area contributed by atoms with Crippen LogP contribution in [0.25, 0.3) is 11.1 Å². The standard InChI is InChI=1S/C13H8Cl2.C13H9.C11H17.2ClH.Zr/c14-12-5-1-3-10(8-12)7-11-4-2-6-13(15)9-11;1-3-7-12-10(5-1)9-11-6-2-4-8-13(11)12;1-5-9-6-7-10(8-9)11(2,3)4;;;/h1-6,8-9H;1-5,7-8H,9H2;7-9H,5H2,1-4H3;2*1H;/q;;;;;+2/p-2. The van der Waals surface area contributed by atoms with Gasteiger partial charge < -0.3 is 24.8 Å². The van der Waals surface area contributed by atoms with Crippen LogP contribution in [-0.4, -0.2) is 3.21 Å². The van der Waals surface area contributed by atoms with E-state index >= 15 is 0 Å². The number of halogens is 4. The van der Waals surface area contributed by atoms with Crippen molar-refractivity contribution in [1.29, 1.82) is 0 Å². The number of hydrogen-bond donors (Lipinski definition) is 0. The summed E-state index contributed by atoms with van der Waals surface area (Å²) in [5.41, 5.74) is 9.73. The molecule has 0 saturated carbocycles. The van der Waals surface area contributed by atoms with Gasteiger partial charge in [0.05, 0.1) is 0 Å². The van der Waals surface area contributed by atoms with Crippen LogP contribution in [0.4, 0.5) is 0 Å². The zero-order chi connectivity index (χ0) is 28.0. The van der Waals surface area contributed by atoms with Crippen LogP contribution in [0.15, 0.2) is 112 Å². The Morgan fingerprint density at radius 2 is 1.38 bits per heavy atom. The normalized spacial score (nSPS) is 14.8. The Morgan fingerprint density at radius 3 is 1.98 bits per heavy atom. The van der Waals surface area contributed by atoms with Gasteiger partial charge in [-0.25, -0.2) is 0 Å². The van der Waals surface area contributed by atoms with Gasteiger partial charge in [0.15, 0.2) is 0 Å².